The Balaban J connectivity index is 4.17. The lowest BCUT2D eigenvalue weighted by Gasteiger charge is -2.27. The standard InChI is InChI=1S/C8H18O6/c1-2-14-6(4-10)8(13)7(12)5(11)3-9/h5-13H,2-4H2,1H3/t5-,6+,7+,8-/m1/s1. The Hall–Kier alpha value is -0.240. The van der Waals surface area contributed by atoms with Gasteiger partial charge in [0.2, 0.25) is 0 Å². The highest BCUT2D eigenvalue weighted by molar-refractivity contribution is 4.81. The van der Waals surface area contributed by atoms with Crippen molar-refractivity contribution in [3.8, 4) is 0 Å². The SMILES string of the molecule is CCO[C@@H](CO)[C@@H](O)[C@@H](O)[C@H](O)CO. The van der Waals surface area contributed by atoms with Gasteiger partial charge >= 0.3 is 0 Å². The van der Waals surface area contributed by atoms with E-state index in [4.69, 9.17) is 20.1 Å². The Morgan fingerprint density at radius 3 is 1.93 bits per heavy atom. The molecule has 0 saturated heterocycles. The van der Waals surface area contributed by atoms with Crippen molar-refractivity contribution >= 4 is 0 Å². The summed E-state index contributed by atoms with van der Waals surface area (Å²) >= 11 is 0. The van der Waals surface area contributed by atoms with Gasteiger partial charge in [0.05, 0.1) is 13.2 Å². The van der Waals surface area contributed by atoms with Gasteiger partial charge in [-0.25, -0.2) is 0 Å². The van der Waals surface area contributed by atoms with Crippen LogP contribution in [0.15, 0.2) is 0 Å². The molecule has 0 unspecified atom stereocenters. The molecule has 5 N–H and O–H groups in total. The van der Waals surface area contributed by atoms with Crippen LogP contribution < -0.4 is 0 Å². The Labute approximate surface area is 82.4 Å². The fourth-order valence-corrected chi connectivity index (χ4v) is 1.03. The van der Waals surface area contributed by atoms with Gasteiger partial charge in [0.25, 0.3) is 0 Å². The lowest BCUT2D eigenvalue weighted by atomic mass is 10.0. The van der Waals surface area contributed by atoms with E-state index in [2.05, 4.69) is 0 Å². The van der Waals surface area contributed by atoms with Crippen molar-refractivity contribution in [1.82, 2.24) is 0 Å². The molecule has 0 aromatic rings. The molecule has 0 saturated carbocycles. The third kappa shape index (κ3) is 3.87. The second-order valence-corrected chi connectivity index (χ2v) is 2.91. The second kappa shape index (κ2) is 7.10. The van der Waals surface area contributed by atoms with Crippen LogP contribution in [0.3, 0.4) is 0 Å². The minimum absolute atomic E-state index is 0.268. The maximum Gasteiger partial charge on any atom is 0.111 e. The van der Waals surface area contributed by atoms with E-state index >= 15 is 0 Å². The van der Waals surface area contributed by atoms with Crippen LogP contribution >= 0.6 is 0 Å². The predicted molar refractivity (Wildman–Crippen MR) is 47.6 cm³/mol. The summed E-state index contributed by atoms with van der Waals surface area (Å²) in [7, 11) is 0. The molecule has 0 amide bonds. The molecule has 6 heteroatoms. The van der Waals surface area contributed by atoms with E-state index in [1.165, 1.54) is 0 Å². The van der Waals surface area contributed by atoms with Crippen molar-refractivity contribution in [1.29, 1.82) is 0 Å². The third-order valence-corrected chi connectivity index (χ3v) is 1.87. The van der Waals surface area contributed by atoms with E-state index in [-0.39, 0.29) is 6.61 Å². The average molecular weight is 210 g/mol. The van der Waals surface area contributed by atoms with E-state index in [1.807, 2.05) is 0 Å². The molecular weight excluding hydrogens is 192 g/mol. The fourth-order valence-electron chi connectivity index (χ4n) is 1.03. The smallest absolute Gasteiger partial charge is 0.111 e. The molecule has 0 aromatic heterocycles. The van der Waals surface area contributed by atoms with Gasteiger partial charge in [-0.3, -0.25) is 0 Å². The molecule has 0 radical (unpaired) electrons. The summed E-state index contributed by atoms with van der Waals surface area (Å²) in [5.41, 5.74) is 0. The summed E-state index contributed by atoms with van der Waals surface area (Å²) in [6.07, 6.45) is -5.37. The molecule has 0 spiro atoms. The van der Waals surface area contributed by atoms with Crippen LogP contribution in [0.4, 0.5) is 0 Å². The van der Waals surface area contributed by atoms with Crippen molar-refractivity contribution < 1.29 is 30.3 Å². The highest BCUT2D eigenvalue weighted by Gasteiger charge is 2.30. The number of hydrogen-bond donors (Lipinski definition) is 5. The molecule has 4 atom stereocenters. The summed E-state index contributed by atoms with van der Waals surface area (Å²) < 4.78 is 4.92. The Morgan fingerprint density at radius 2 is 1.57 bits per heavy atom. The van der Waals surface area contributed by atoms with E-state index in [9.17, 15) is 10.2 Å². The van der Waals surface area contributed by atoms with Gasteiger partial charge in [-0.05, 0) is 6.92 Å². The molecule has 6 nitrogen and oxygen atoms in total. The van der Waals surface area contributed by atoms with Crippen molar-refractivity contribution in [3.63, 3.8) is 0 Å². The number of rotatable bonds is 7. The van der Waals surface area contributed by atoms with Crippen LogP contribution in [-0.4, -0.2) is 69.8 Å². The summed E-state index contributed by atoms with van der Waals surface area (Å²) in [6.45, 7) is 0.807. The zero-order valence-corrected chi connectivity index (χ0v) is 8.08. The Kier molecular flexibility index (Phi) is 6.98. The molecule has 0 heterocycles. The minimum Gasteiger partial charge on any atom is -0.394 e. The number of hydrogen-bond acceptors (Lipinski definition) is 6. The van der Waals surface area contributed by atoms with Crippen LogP contribution in [0, 0.1) is 0 Å². The molecule has 86 valence electrons. The Morgan fingerprint density at radius 1 is 1.00 bits per heavy atom. The molecule has 0 fully saturated rings. The lowest BCUT2D eigenvalue weighted by Crippen LogP contribution is -2.48. The monoisotopic (exact) mass is 210 g/mol. The minimum atomic E-state index is -1.54. The third-order valence-electron chi connectivity index (χ3n) is 1.87. The molecule has 0 aliphatic rings. The fraction of sp³-hybridized carbons (Fsp3) is 1.00. The van der Waals surface area contributed by atoms with Gasteiger partial charge in [0, 0.05) is 6.61 Å². The lowest BCUT2D eigenvalue weighted by molar-refractivity contribution is -0.139. The quantitative estimate of drug-likeness (QED) is 0.316. The zero-order chi connectivity index (χ0) is 11.1. The first kappa shape index (κ1) is 13.8. The highest BCUT2D eigenvalue weighted by atomic mass is 16.5. The van der Waals surface area contributed by atoms with Crippen molar-refractivity contribution in [2.75, 3.05) is 19.8 Å². The van der Waals surface area contributed by atoms with Crippen LogP contribution in [0.1, 0.15) is 6.92 Å². The van der Waals surface area contributed by atoms with Crippen LogP contribution in [-0.2, 0) is 4.74 Å². The summed E-state index contributed by atoms with van der Waals surface area (Å²) in [6, 6.07) is 0. The van der Waals surface area contributed by atoms with E-state index in [0.717, 1.165) is 0 Å². The van der Waals surface area contributed by atoms with Crippen molar-refractivity contribution in [2.24, 2.45) is 0 Å². The molecule has 0 aliphatic heterocycles. The first-order valence-electron chi connectivity index (χ1n) is 4.46. The zero-order valence-electron chi connectivity index (χ0n) is 8.08. The van der Waals surface area contributed by atoms with Crippen molar-refractivity contribution in [3.05, 3.63) is 0 Å². The van der Waals surface area contributed by atoms with E-state index in [0.29, 0.717) is 0 Å². The van der Waals surface area contributed by atoms with Crippen LogP contribution in [0.5, 0.6) is 0 Å². The first-order chi connectivity index (χ1) is 6.58. The number of ether oxygens (including phenoxy) is 1. The molecular formula is C8H18O6. The van der Waals surface area contributed by atoms with Gasteiger partial charge in [-0.15, -0.1) is 0 Å². The van der Waals surface area contributed by atoms with Gasteiger partial charge < -0.3 is 30.3 Å². The highest BCUT2D eigenvalue weighted by Crippen LogP contribution is 2.07. The summed E-state index contributed by atoms with van der Waals surface area (Å²) in [5.74, 6) is 0. The Bertz CT molecular complexity index is 140. The van der Waals surface area contributed by atoms with Gasteiger partial charge in [0.1, 0.15) is 24.4 Å². The summed E-state index contributed by atoms with van der Waals surface area (Å²) in [5, 5.41) is 45.0. The second-order valence-electron chi connectivity index (χ2n) is 2.91. The van der Waals surface area contributed by atoms with Crippen molar-refractivity contribution in [2.45, 2.75) is 31.3 Å². The predicted octanol–water partition coefficient (Wildman–Crippen LogP) is -2.54. The number of aliphatic hydroxyl groups is 5. The van der Waals surface area contributed by atoms with E-state index < -0.39 is 37.6 Å². The van der Waals surface area contributed by atoms with Crippen LogP contribution in [0.2, 0.25) is 0 Å². The van der Waals surface area contributed by atoms with Gasteiger partial charge in [0.15, 0.2) is 0 Å². The summed E-state index contributed by atoms with van der Waals surface area (Å²) in [4.78, 5) is 0. The van der Waals surface area contributed by atoms with Gasteiger partial charge in [-0.2, -0.15) is 0 Å². The number of aliphatic hydroxyl groups excluding tert-OH is 5. The molecule has 14 heavy (non-hydrogen) atoms. The van der Waals surface area contributed by atoms with Gasteiger partial charge in [-0.1, -0.05) is 0 Å². The average Bonchev–Trinajstić information content (AvgIpc) is 2.22. The molecule has 0 aliphatic carbocycles. The molecule has 0 rings (SSSR count). The van der Waals surface area contributed by atoms with E-state index in [1.54, 1.807) is 6.92 Å². The first-order valence-corrected chi connectivity index (χ1v) is 4.46. The topological polar surface area (TPSA) is 110 Å². The molecule has 0 aromatic carbocycles. The maximum absolute atomic E-state index is 9.40. The molecule has 0 bridgehead atoms. The van der Waals surface area contributed by atoms with Crippen LogP contribution in [0.25, 0.3) is 0 Å². The maximum atomic E-state index is 9.40. The normalized spacial score (nSPS) is 20.1. The largest absolute Gasteiger partial charge is 0.394 e.